The molecule has 0 saturated heterocycles. The molecular formula is C23H22B3NO11. The van der Waals surface area contributed by atoms with Crippen molar-refractivity contribution in [3.63, 3.8) is 0 Å². The van der Waals surface area contributed by atoms with E-state index in [1.165, 1.54) is 72.8 Å². The van der Waals surface area contributed by atoms with Gasteiger partial charge in [-0.1, -0.05) is 36.4 Å². The fourth-order valence-corrected chi connectivity index (χ4v) is 3.25. The molecule has 7 N–H and O–H groups in total. The molecule has 0 fully saturated rings. The van der Waals surface area contributed by atoms with Crippen LogP contribution >= 0.6 is 0 Å². The highest BCUT2D eigenvalue weighted by molar-refractivity contribution is 6.59. The summed E-state index contributed by atoms with van der Waals surface area (Å²) in [5.74, 6) is -2.90. The second kappa shape index (κ2) is 13.0. The van der Waals surface area contributed by atoms with Crippen LogP contribution in [0.25, 0.3) is 0 Å². The average Bonchev–Trinajstić information content (AvgIpc) is 2.90. The monoisotopic (exact) mass is 521 g/mol. The molecular weight excluding hydrogens is 499 g/mol. The zero-order valence-electron chi connectivity index (χ0n) is 19.7. The van der Waals surface area contributed by atoms with Gasteiger partial charge in [0, 0.05) is 5.56 Å². The summed E-state index contributed by atoms with van der Waals surface area (Å²) in [6.07, 6.45) is 0. The Hall–Kier alpha value is -3.98. The average molecular weight is 521 g/mol. The second-order valence-corrected chi connectivity index (χ2v) is 7.99. The predicted octanol–water partition coefficient (Wildman–Crippen LogP) is -3.71. The Balaban J connectivity index is 1.80. The number of ether oxygens (including phenoxy) is 2. The van der Waals surface area contributed by atoms with E-state index < -0.39 is 51.8 Å². The van der Waals surface area contributed by atoms with E-state index in [4.69, 9.17) is 9.47 Å². The zero-order chi connectivity index (χ0) is 27.8. The summed E-state index contributed by atoms with van der Waals surface area (Å²) in [5, 5.41) is 58.4. The third kappa shape index (κ3) is 7.76. The Bertz CT molecular complexity index is 1300. The minimum absolute atomic E-state index is 0.0218. The molecule has 0 spiro atoms. The highest BCUT2D eigenvalue weighted by atomic mass is 16.6. The summed E-state index contributed by atoms with van der Waals surface area (Å²) in [5.41, 5.74) is -0.000123. The highest BCUT2D eigenvalue weighted by Crippen LogP contribution is 2.10. The summed E-state index contributed by atoms with van der Waals surface area (Å²) < 4.78 is 10.4. The van der Waals surface area contributed by atoms with Crippen LogP contribution in [0.3, 0.4) is 0 Å². The van der Waals surface area contributed by atoms with E-state index in [0.717, 1.165) is 0 Å². The fraction of sp³-hybridized carbons (Fsp3) is 0.0870. The molecule has 0 bridgehead atoms. The Kier molecular flexibility index (Phi) is 9.79. The molecule has 0 unspecified atom stereocenters. The van der Waals surface area contributed by atoms with Crippen molar-refractivity contribution in [2.45, 2.75) is 6.04 Å². The van der Waals surface area contributed by atoms with Gasteiger partial charge in [0.2, 0.25) is 0 Å². The lowest BCUT2D eigenvalue weighted by Gasteiger charge is -2.18. The zero-order valence-corrected chi connectivity index (χ0v) is 19.7. The number of rotatable bonds is 10. The lowest BCUT2D eigenvalue weighted by atomic mass is 9.79. The summed E-state index contributed by atoms with van der Waals surface area (Å²) >= 11 is 0. The number of hydrogen-bond acceptors (Lipinski definition) is 11. The third-order valence-corrected chi connectivity index (χ3v) is 5.21. The van der Waals surface area contributed by atoms with Crippen molar-refractivity contribution in [2.24, 2.45) is 0 Å². The van der Waals surface area contributed by atoms with Crippen LogP contribution in [0, 0.1) is 0 Å². The minimum atomic E-state index is -1.84. The van der Waals surface area contributed by atoms with Crippen molar-refractivity contribution in [3.05, 3.63) is 83.9 Å². The molecule has 0 saturated carbocycles. The minimum Gasteiger partial charge on any atom is -0.459 e. The van der Waals surface area contributed by atoms with Crippen molar-refractivity contribution < 1.29 is 54.0 Å². The Morgan fingerprint density at radius 3 is 1.79 bits per heavy atom. The van der Waals surface area contributed by atoms with E-state index in [1.807, 2.05) is 0 Å². The molecule has 3 aromatic rings. The Morgan fingerprint density at radius 1 is 0.711 bits per heavy atom. The van der Waals surface area contributed by atoms with Crippen LogP contribution in [0.2, 0.25) is 0 Å². The van der Waals surface area contributed by atoms with Crippen molar-refractivity contribution >= 4 is 55.6 Å². The number of carbonyl (C=O) groups is 3. The highest BCUT2D eigenvalue weighted by Gasteiger charge is 2.27. The van der Waals surface area contributed by atoms with Gasteiger partial charge in [-0.05, 0) is 52.8 Å². The van der Waals surface area contributed by atoms with E-state index in [2.05, 4.69) is 5.32 Å². The van der Waals surface area contributed by atoms with Crippen LogP contribution in [0.5, 0.6) is 5.75 Å². The van der Waals surface area contributed by atoms with Crippen molar-refractivity contribution in [2.75, 3.05) is 6.61 Å². The molecule has 0 heterocycles. The number of hydrogen-bond donors (Lipinski definition) is 7. The number of esters is 2. The van der Waals surface area contributed by atoms with Gasteiger partial charge in [0.05, 0.1) is 5.56 Å². The van der Waals surface area contributed by atoms with Crippen LogP contribution in [-0.2, 0) is 9.53 Å². The normalized spacial score (nSPS) is 11.2. The SMILES string of the molecule is O=C(N[C@@H](COC(=O)c1cccc(B(O)O)c1)C(=O)Oc1cccc(B(O)O)c1)c1cccc(B(O)O)c1. The molecule has 194 valence electrons. The quantitative estimate of drug-likeness (QED) is 0.0786. The molecule has 0 aliphatic carbocycles. The molecule has 3 rings (SSSR count). The van der Waals surface area contributed by atoms with Crippen LogP contribution in [-0.4, -0.2) is 82.0 Å². The molecule has 0 radical (unpaired) electrons. The van der Waals surface area contributed by atoms with Gasteiger partial charge in [-0.25, -0.2) is 9.59 Å². The maximum atomic E-state index is 12.9. The molecule has 38 heavy (non-hydrogen) atoms. The first-order valence-corrected chi connectivity index (χ1v) is 11.1. The second-order valence-electron chi connectivity index (χ2n) is 7.99. The van der Waals surface area contributed by atoms with Crippen molar-refractivity contribution in [3.8, 4) is 5.75 Å². The van der Waals surface area contributed by atoms with Gasteiger partial charge in [-0.2, -0.15) is 0 Å². The molecule has 3 aromatic carbocycles. The molecule has 0 aliphatic heterocycles. The van der Waals surface area contributed by atoms with Crippen molar-refractivity contribution in [1.29, 1.82) is 0 Å². The van der Waals surface area contributed by atoms with Crippen LogP contribution < -0.4 is 26.4 Å². The Morgan fingerprint density at radius 2 is 1.21 bits per heavy atom. The summed E-state index contributed by atoms with van der Waals surface area (Å²) in [6.45, 7) is -0.694. The van der Waals surface area contributed by atoms with Gasteiger partial charge in [0.1, 0.15) is 12.4 Å². The van der Waals surface area contributed by atoms with Gasteiger partial charge in [-0.15, -0.1) is 0 Å². The lowest BCUT2D eigenvalue weighted by molar-refractivity contribution is -0.137. The van der Waals surface area contributed by atoms with Gasteiger partial charge >= 0.3 is 33.3 Å². The molecule has 12 nitrogen and oxygen atoms in total. The molecule has 1 atom stereocenters. The first-order valence-electron chi connectivity index (χ1n) is 11.1. The molecule has 0 aliphatic rings. The number of amides is 1. The van der Waals surface area contributed by atoms with E-state index in [9.17, 15) is 44.5 Å². The number of benzene rings is 3. The van der Waals surface area contributed by atoms with Gasteiger partial charge in [0.15, 0.2) is 6.04 Å². The summed E-state index contributed by atoms with van der Waals surface area (Å²) in [6, 6.07) is 14.4. The fourth-order valence-electron chi connectivity index (χ4n) is 3.25. The molecule has 1 amide bonds. The first-order chi connectivity index (χ1) is 18.0. The van der Waals surface area contributed by atoms with Crippen LogP contribution in [0.4, 0.5) is 0 Å². The molecule has 0 aromatic heterocycles. The smallest absolute Gasteiger partial charge is 0.459 e. The predicted molar refractivity (Wildman–Crippen MR) is 136 cm³/mol. The van der Waals surface area contributed by atoms with Gasteiger partial charge in [0.25, 0.3) is 5.91 Å². The van der Waals surface area contributed by atoms with Crippen molar-refractivity contribution in [1.82, 2.24) is 5.32 Å². The number of nitrogens with one attached hydrogen (secondary N) is 1. The maximum absolute atomic E-state index is 12.9. The van der Waals surface area contributed by atoms with Crippen LogP contribution in [0.1, 0.15) is 20.7 Å². The van der Waals surface area contributed by atoms with E-state index >= 15 is 0 Å². The maximum Gasteiger partial charge on any atom is 0.488 e. The lowest BCUT2D eigenvalue weighted by Crippen LogP contribution is -2.47. The van der Waals surface area contributed by atoms with Gasteiger partial charge < -0.3 is 44.9 Å². The van der Waals surface area contributed by atoms with E-state index in [1.54, 1.807) is 0 Å². The number of carbonyl (C=O) groups excluding carboxylic acids is 3. The van der Waals surface area contributed by atoms with Gasteiger partial charge in [-0.3, -0.25) is 4.79 Å². The topological polar surface area (TPSA) is 203 Å². The largest absolute Gasteiger partial charge is 0.488 e. The molecule has 15 heteroatoms. The standard InChI is InChI=1S/C23H22B3NO11/c28-21(14-4-1-6-16(10-14)24(31)32)27-20(23(30)38-19-9-3-8-18(12-19)26(35)36)13-37-22(29)15-5-2-7-17(11-15)25(33)34/h1-12,20,31-36H,13H2,(H,27,28)/t20-/m0/s1. The summed E-state index contributed by atoms with van der Waals surface area (Å²) in [4.78, 5) is 38.3. The van der Waals surface area contributed by atoms with E-state index in [0.29, 0.717) is 0 Å². The Labute approximate surface area is 217 Å². The summed E-state index contributed by atoms with van der Waals surface area (Å²) in [7, 11) is -5.49. The first kappa shape index (κ1) is 28.6. The third-order valence-electron chi connectivity index (χ3n) is 5.21. The van der Waals surface area contributed by atoms with E-state index in [-0.39, 0.29) is 33.3 Å². The van der Waals surface area contributed by atoms with Crippen LogP contribution in [0.15, 0.2) is 72.8 Å².